The lowest BCUT2D eigenvalue weighted by Gasteiger charge is -2.22. The summed E-state index contributed by atoms with van der Waals surface area (Å²) in [6.45, 7) is 7.87. The first-order chi connectivity index (χ1) is 9.85. The van der Waals surface area contributed by atoms with E-state index >= 15 is 0 Å². The van der Waals surface area contributed by atoms with Crippen LogP contribution >= 0.6 is 23.1 Å². The summed E-state index contributed by atoms with van der Waals surface area (Å²) in [5, 5.41) is 4.87. The summed E-state index contributed by atoms with van der Waals surface area (Å²) in [6.07, 6.45) is 0. The number of thiazole rings is 1. The van der Waals surface area contributed by atoms with Crippen molar-refractivity contribution in [1.29, 1.82) is 0 Å². The van der Waals surface area contributed by atoms with Crippen molar-refractivity contribution < 1.29 is 4.79 Å². The number of rotatable bonds is 4. The number of nitrogens with zero attached hydrogens (tertiary/aromatic N) is 1. The summed E-state index contributed by atoms with van der Waals surface area (Å²) >= 11 is 3.08. The van der Waals surface area contributed by atoms with Crippen LogP contribution in [-0.2, 0) is 4.79 Å². The van der Waals surface area contributed by atoms with E-state index in [9.17, 15) is 4.79 Å². The first-order valence-electron chi connectivity index (χ1n) is 6.85. The fourth-order valence-electron chi connectivity index (χ4n) is 1.73. The number of amides is 1. The van der Waals surface area contributed by atoms with Crippen LogP contribution in [0.3, 0.4) is 0 Å². The molecule has 0 aliphatic heterocycles. The Bertz CT molecular complexity index is 602. The molecule has 0 aliphatic carbocycles. The highest BCUT2D eigenvalue weighted by Gasteiger charge is 2.21. The minimum Gasteiger partial charge on any atom is -0.351 e. The number of aromatic nitrogens is 1. The number of carbonyl (C=O) groups excluding carboxylic acids is 1. The molecule has 2 aromatic rings. The smallest absolute Gasteiger partial charge is 0.233 e. The first-order valence-corrected chi connectivity index (χ1v) is 8.61. The van der Waals surface area contributed by atoms with E-state index in [0.717, 1.165) is 15.6 Å². The number of hydrogen-bond donors (Lipinski definition) is 1. The predicted molar refractivity (Wildman–Crippen MR) is 90.8 cm³/mol. The van der Waals surface area contributed by atoms with Crippen molar-refractivity contribution in [2.24, 2.45) is 0 Å². The van der Waals surface area contributed by atoms with E-state index in [1.54, 1.807) is 11.3 Å². The summed E-state index contributed by atoms with van der Waals surface area (Å²) in [5.74, 6) is 0.0453. The quantitative estimate of drug-likeness (QED) is 0.858. The van der Waals surface area contributed by atoms with Crippen LogP contribution in [0.4, 0.5) is 0 Å². The third-order valence-electron chi connectivity index (χ3n) is 2.70. The maximum Gasteiger partial charge on any atom is 0.233 e. The zero-order valence-electron chi connectivity index (χ0n) is 12.7. The summed E-state index contributed by atoms with van der Waals surface area (Å²) in [6, 6.07) is 10.1. The molecule has 0 aliphatic rings. The third kappa shape index (κ3) is 4.86. The molecule has 3 nitrogen and oxygen atoms in total. The highest BCUT2D eigenvalue weighted by Crippen LogP contribution is 2.30. The van der Waals surface area contributed by atoms with Crippen LogP contribution in [0.5, 0.6) is 0 Å². The van der Waals surface area contributed by atoms with E-state index in [1.807, 2.05) is 63.4 Å². The fraction of sp³-hybridized carbons (Fsp3) is 0.375. The van der Waals surface area contributed by atoms with Crippen molar-refractivity contribution in [2.75, 3.05) is 0 Å². The molecule has 1 atom stereocenters. The van der Waals surface area contributed by atoms with Gasteiger partial charge < -0.3 is 5.32 Å². The lowest BCUT2D eigenvalue weighted by Crippen LogP contribution is -2.44. The zero-order valence-corrected chi connectivity index (χ0v) is 14.3. The fourth-order valence-corrected chi connectivity index (χ4v) is 3.70. The van der Waals surface area contributed by atoms with Crippen LogP contribution in [0.25, 0.3) is 11.3 Å². The first kappa shape index (κ1) is 16.0. The standard InChI is InChI=1S/C16H20N2OS2/c1-11(14(19)18-16(2,3)4)21-15-17-13(10-20-15)12-8-6-5-7-9-12/h5-11H,1-4H3,(H,18,19). The average Bonchev–Trinajstić information content (AvgIpc) is 2.86. The van der Waals surface area contributed by atoms with Crippen molar-refractivity contribution in [2.45, 2.75) is 42.8 Å². The van der Waals surface area contributed by atoms with Crippen molar-refractivity contribution >= 4 is 29.0 Å². The Kier molecular flexibility index (Phi) is 5.06. The molecule has 1 N–H and O–H groups in total. The average molecular weight is 320 g/mol. The van der Waals surface area contributed by atoms with Crippen LogP contribution in [0, 0.1) is 0 Å². The van der Waals surface area contributed by atoms with Gasteiger partial charge in [0, 0.05) is 16.5 Å². The second-order valence-corrected chi connectivity index (χ2v) is 8.31. The number of carbonyl (C=O) groups is 1. The lowest BCUT2D eigenvalue weighted by atomic mass is 10.1. The Balaban J connectivity index is 2.01. The maximum absolute atomic E-state index is 12.1. The molecule has 1 aromatic heterocycles. The molecule has 1 amide bonds. The summed E-state index contributed by atoms with van der Waals surface area (Å²) < 4.78 is 0.922. The number of hydrogen-bond acceptors (Lipinski definition) is 4. The molecule has 0 saturated carbocycles. The van der Waals surface area contributed by atoms with Crippen LogP contribution in [0.15, 0.2) is 40.1 Å². The van der Waals surface area contributed by atoms with Crippen molar-refractivity contribution in [1.82, 2.24) is 10.3 Å². The molecule has 0 saturated heterocycles. The van der Waals surface area contributed by atoms with Crippen molar-refractivity contribution in [3.05, 3.63) is 35.7 Å². The van der Waals surface area contributed by atoms with E-state index < -0.39 is 0 Å². The van der Waals surface area contributed by atoms with Gasteiger partial charge in [-0.1, -0.05) is 42.1 Å². The Labute approximate surface area is 134 Å². The molecular weight excluding hydrogens is 300 g/mol. The largest absolute Gasteiger partial charge is 0.351 e. The van der Waals surface area contributed by atoms with Gasteiger partial charge in [0.25, 0.3) is 0 Å². The van der Waals surface area contributed by atoms with Crippen LogP contribution < -0.4 is 5.32 Å². The molecule has 0 bridgehead atoms. The van der Waals surface area contributed by atoms with Gasteiger partial charge in [0.15, 0.2) is 4.34 Å². The van der Waals surface area contributed by atoms with Gasteiger partial charge in [0.05, 0.1) is 10.9 Å². The predicted octanol–water partition coefficient (Wildman–Crippen LogP) is 4.21. The van der Waals surface area contributed by atoms with Gasteiger partial charge in [0.2, 0.25) is 5.91 Å². The van der Waals surface area contributed by atoms with E-state index in [0.29, 0.717) is 0 Å². The third-order valence-corrected chi connectivity index (χ3v) is 4.77. The van der Waals surface area contributed by atoms with Gasteiger partial charge in [-0.15, -0.1) is 11.3 Å². The molecule has 0 spiro atoms. The number of thioether (sulfide) groups is 1. The molecule has 1 unspecified atom stereocenters. The normalized spacial score (nSPS) is 13.0. The molecule has 0 radical (unpaired) electrons. The van der Waals surface area contributed by atoms with Gasteiger partial charge in [0.1, 0.15) is 0 Å². The topological polar surface area (TPSA) is 42.0 Å². The van der Waals surface area contributed by atoms with Crippen molar-refractivity contribution in [3.8, 4) is 11.3 Å². The Hall–Kier alpha value is -1.33. The molecule has 1 aromatic carbocycles. The van der Waals surface area contributed by atoms with Crippen LogP contribution in [0.2, 0.25) is 0 Å². The molecule has 2 rings (SSSR count). The second kappa shape index (κ2) is 6.62. The molecule has 21 heavy (non-hydrogen) atoms. The van der Waals surface area contributed by atoms with Gasteiger partial charge in [-0.25, -0.2) is 4.98 Å². The molecule has 112 valence electrons. The summed E-state index contributed by atoms with van der Waals surface area (Å²) in [5.41, 5.74) is 1.86. The Morgan fingerprint density at radius 1 is 1.29 bits per heavy atom. The summed E-state index contributed by atoms with van der Waals surface area (Å²) in [4.78, 5) is 16.7. The Morgan fingerprint density at radius 3 is 2.57 bits per heavy atom. The molecule has 1 heterocycles. The van der Waals surface area contributed by atoms with E-state index in [-0.39, 0.29) is 16.7 Å². The van der Waals surface area contributed by atoms with Crippen LogP contribution in [0.1, 0.15) is 27.7 Å². The second-order valence-electron chi connectivity index (χ2n) is 5.86. The molecule has 0 fully saturated rings. The summed E-state index contributed by atoms with van der Waals surface area (Å²) in [7, 11) is 0. The molecule has 5 heteroatoms. The SMILES string of the molecule is CC(Sc1nc(-c2ccccc2)cs1)C(=O)NC(C)(C)C. The van der Waals surface area contributed by atoms with Crippen molar-refractivity contribution in [3.63, 3.8) is 0 Å². The minimum absolute atomic E-state index is 0.0453. The zero-order chi connectivity index (χ0) is 15.5. The van der Waals surface area contributed by atoms with E-state index in [1.165, 1.54) is 11.8 Å². The van der Waals surface area contributed by atoms with Gasteiger partial charge in [-0.2, -0.15) is 0 Å². The lowest BCUT2D eigenvalue weighted by molar-refractivity contribution is -0.121. The molecular formula is C16H20N2OS2. The number of nitrogens with one attached hydrogen (secondary N) is 1. The highest BCUT2D eigenvalue weighted by molar-refractivity contribution is 8.02. The maximum atomic E-state index is 12.1. The van der Waals surface area contributed by atoms with Gasteiger partial charge >= 0.3 is 0 Å². The highest BCUT2D eigenvalue weighted by atomic mass is 32.2. The minimum atomic E-state index is -0.204. The van der Waals surface area contributed by atoms with Gasteiger partial charge in [-0.05, 0) is 27.7 Å². The monoisotopic (exact) mass is 320 g/mol. The van der Waals surface area contributed by atoms with E-state index in [4.69, 9.17) is 0 Å². The van der Waals surface area contributed by atoms with Gasteiger partial charge in [-0.3, -0.25) is 4.79 Å². The Morgan fingerprint density at radius 2 is 1.95 bits per heavy atom. The van der Waals surface area contributed by atoms with Crippen LogP contribution in [-0.4, -0.2) is 21.7 Å². The van der Waals surface area contributed by atoms with E-state index in [2.05, 4.69) is 10.3 Å². The number of benzene rings is 1.